The van der Waals surface area contributed by atoms with Gasteiger partial charge in [-0.1, -0.05) is 103 Å². The van der Waals surface area contributed by atoms with Crippen molar-refractivity contribution in [2.45, 2.75) is 13.8 Å². The molecule has 1 aromatic heterocycles. The first-order valence-electron chi connectivity index (χ1n) is 13.5. The van der Waals surface area contributed by atoms with Crippen molar-refractivity contribution in [2.24, 2.45) is 5.10 Å². The number of phenolic OH excluding ortho intramolecular Hbond substituents is 1. The topological polar surface area (TPSA) is 37.5 Å². The SMILES string of the molecule is Cc1ccc(C)n1/N=C/c1ccccc1O.[Ni].[c-]1ccccc1.c1ccc(P(c2ccccc2)c2ccccc2)cc1. The standard InChI is InChI=1S/C18H15P.C13H14N2O.C6H5.Ni/c1-4-10-16(11-5-1)19(17-12-6-2-7-13-17)18-14-8-3-9-15-18;1-10-7-8-11(2)15(10)14-9-12-5-3-4-6-13(12)16;1-2-4-6-5-3-1;/h1-15H;3-9,16H,1-2H3;1-5H;/q;;-1;/b;14-9+;;. The molecule has 0 bridgehead atoms. The summed E-state index contributed by atoms with van der Waals surface area (Å²) < 4.78 is 1.84. The molecule has 0 radical (unpaired) electrons. The molecule has 0 saturated carbocycles. The fourth-order valence-corrected chi connectivity index (χ4v) is 6.38. The zero-order valence-electron chi connectivity index (χ0n) is 23.7. The zero-order valence-corrected chi connectivity index (χ0v) is 25.6. The van der Waals surface area contributed by atoms with E-state index < -0.39 is 7.92 Å². The number of hydrogen-bond donors (Lipinski definition) is 1. The Balaban J connectivity index is 0.000000191. The van der Waals surface area contributed by atoms with Gasteiger partial charge in [-0.25, -0.2) is 4.68 Å². The van der Waals surface area contributed by atoms with Gasteiger partial charge in [0.1, 0.15) is 5.75 Å². The van der Waals surface area contributed by atoms with Crippen molar-refractivity contribution >= 4 is 30.0 Å². The molecule has 5 aromatic carbocycles. The number of nitrogens with zero attached hydrogens (tertiary/aromatic N) is 2. The second-order valence-electron chi connectivity index (χ2n) is 9.15. The van der Waals surface area contributed by atoms with E-state index in [0.29, 0.717) is 0 Å². The molecule has 0 unspecified atom stereocenters. The molecule has 0 aliphatic carbocycles. The van der Waals surface area contributed by atoms with Crippen molar-refractivity contribution in [3.63, 3.8) is 0 Å². The van der Waals surface area contributed by atoms with Crippen LogP contribution in [0.4, 0.5) is 0 Å². The van der Waals surface area contributed by atoms with E-state index in [0.717, 1.165) is 17.0 Å². The van der Waals surface area contributed by atoms with E-state index in [1.165, 1.54) is 15.9 Å². The van der Waals surface area contributed by atoms with Gasteiger partial charge in [0.25, 0.3) is 0 Å². The molecule has 0 atom stereocenters. The number of para-hydroxylation sites is 1. The van der Waals surface area contributed by atoms with E-state index in [1.807, 2.05) is 73.1 Å². The fraction of sp³-hybridized carbons (Fsp3) is 0.0541. The van der Waals surface area contributed by atoms with Crippen LogP contribution >= 0.6 is 7.92 Å². The van der Waals surface area contributed by atoms with Crippen LogP contribution in [-0.2, 0) is 16.5 Å². The monoisotopic (exact) mass is 611 g/mol. The third-order valence-corrected chi connectivity index (χ3v) is 8.58. The Hall–Kier alpha value is -4.23. The molecule has 1 N–H and O–H groups in total. The summed E-state index contributed by atoms with van der Waals surface area (Å²) in [6.07, 6.45) is 1.66. The minimum absolute atomic E-state index is 0. The van der Waals surface area contributed by atoms with Crippen LogP contribution in [0.25, 0.3) is 0 Å². The van der Waals surface area contributed by atoms with Crippen LogP contribution in [0.15, 0.2) is 163 Å². The molecule has 6 rings (SSSR count). The Morgan fingerprint density at radius 2 is 0.976 bits per heavy atom. The first kappa shape index (κ1) is 32.3. The molecule has 0 fully saturated rings. The summed E-state index contributed by atoms with van der Waals surface area (Å²) in [6, 6.07) is 56.0. The predicted octanol–water partition coefficient (Wildman–Crippen LogP) is 7.62. The molecule has 214 valence electrons. The second kappa shape index (κ2) is 17.6. The number of aryl methyl sites for hydroxylation is 2. The molecule has 0 saturated heterocycles. The van der Waals surface area contributed by atoms with E-state index in [2.05, 4.69) is 102 Å². The average Bonchev–Trinajstić information content (AvgIpc) is 3.36. The molecule has 0 aliphatic heterocycles. The van der Waals surface area contributed by atoms with Crippen LogP contribution in [0.2, 0.25) is 0 Å². The normalized spacial score (nSPS) is 10.2. The summed E-state index contributed by atoms with van der Waals surface area (Å²) in [5.41, 5.74) is 2.86. The van der Waals surface area contributed by atoms with Crippen molar-refractivity contribution in [2.75, 3.05) is 0 Å². The Labute approximate surface area is 260 Å². The maximum Gasteiger partial charge on any atom is 0.124 e. The van der Waals surface area contributed by atoms with Gasteiger partial charge in [-0.05, 0) is 61.9 Å². The number of rotatable bonds is 5. The van der Waals surface area contributed by atoms with Crippen molar-refractivity contribution in [1.82, 2.24) is 4.68 Å². The van der Waals surface area contributed by atoms with Crippen molar-refractivity contribution < 1.29 is 21.6 Å². The van der Waals surface area contributed by atoms with Crippen LogP contribution in [0.5, 0.6) is 5.75 Å². The average molecular weight is 612 g/mol. The van der Waals surface area contributed by atoms with E-state index in [4.69, 9.17) is 0 Å². The molecule has 1 heterocycles. The Morgan fingerprint density at radius 3 is 1.36 bits per heavy atom. The van der Waals surface area contributed by atoms with Gasteiger partial charge in [-0.2, -0.15) is 41.5 Å². The molecular formula is C37H34N2NiOP-. The van der Waals surface area contributed by atoms with Gasteiger partial charge >= 0.3 is 0 Å². The molecule has 5 heteroatoms. The van der Waals surface area contributed by atoms with Gasteiger partial charge in [0.2, 0.25) is 0 Å². The van der Waals surface area contributed by atoms with Crippen molar-refractivity contribution in [3.8, 4) is 5.75 Å². The van der Waals surface area contributed by atoms with Crippen molar-refractivity contribution in [3.05, 3.63) is 181 Å². The molecule has 3 nitrogen and oxygen atoms in total. The largest absolute Gasteiger partial charge is 0.507 e. The Bertz CT molecular complexity index is 1470. The van der Waals surface area contributed by atoms with Gasteiger partial charge in [0, 0.05) is 33.4 Å². The summed E-state index contributed by atoms with van der Waals surface area (Å²) in [6.45, 7) is 3.99. The predicted molar refractivity (Wildman–Crippen MR) is 175 cm³/mol. The van der Waals surface area contributed by atoms with Crippen LogP contribution in [0, 0.1) is 19.9 Å². The number of aromatic nitrogens is 1. The van der Waals surface area contributed by atoms with Crippen LogP contribution in [0.1, 0.15) is 17.0 Å². The van der Waals surface area contributed by atoms with E-state index in [9.17, 15) is 5.11 Å². The second-order valence-corrected chi connectivity index (χ2v) is 11.4. The number of benzene rings is 5. The fourth-order valence-electron chi connectivity index (χ4n) is 4.08. The van der Waals surface area contributed by atoms with Crippen LogP contribution in [0.3, 0.4) is 0 Å². The minimum Gasteiger partial charge on any atom is -0.507 e. The zero-order chi connectivity index (χ0) is 28.7. The third-order valence-electron chi connectivity index (χ3n) is 6.13. The summed E-state index contributed by atoms with van der Waals surface area (Å²) in [5, 5.41) is 18.1. The van der Waals surface area contributed by atoms with E-state index >= 15 is 0 Å². The van der Waals surface area contributed by atoms with Gasteiger partial charge in [-0.3, -0.25) is 0 Å². The van der Waals surface area contributed by atoms with Crippen LogP contribution in [-0.4, -0.2) is 16.0 Å². The Morgan fingerprint density at radius 1 is 0.571 bits per heavy atom. The van der Waals surface area contributed by atoms with Gasteiger partial charge in [-0.15, -0.1) is 0 Å². The first-order chi connectivity index (χ1) is 20.1. The summed E-state index contributed by atoms with van der Waals surface area (Å²) in [5.74, 6) is 0.244. The molecule has 0 aliphatic rings. The number of phenols is 1. The van der Waals surface area contributed by atoms with Crippen molar-refractivity contribution in [1.29, 1.82) is 0 Å². The Kier molecular flexibility index (Phi) is 13.5. The summed E-state index contributed by atoms with van der Waals surface area (Å²) >= 11 is 0. The number of aromatic hydroxyl groups is 1. The molecule has 6 aromatic rings. The van der Waals surface area contributed by atoms with Gasteiger partial charge in [0.05, 0.1) is 6.21 Å². The van der Waals surface area contributed by atoms with Gasteiger partial charge in [0.15, 0.2) is 0 Å². The van der Waals surface area contributed by atoms with E-state index in [1.54, 1.807) is 18.3 Å². The molecule has 42 heavy (non-hydrogen) atoms. The van der Waals surface area contributed by atoms with Gasteiger partial charge < -0.3 is 5.11 Å². The smallest absolute Gasteiger partial charge is 0.124 e. The summed E-state index contributed by atoms with van der Waals surface area (Å²) in [7, 11) is -0.446. The first-order valence-corrected chi connectivity index (χ1v) is 14.8. The minimum atomic E-state index is -0.446. The number of hydrogen-bond acceptors (Lipinski definition) is 2. The van der Waals surface area contributed by atoms with Crippen LogP contribution < -0.4 is 15.9 Å². The molecule has 0 amide bonds. The maximum absolute atomic E-state index is 9.58. The van der Waals surface area contributed by atoms with E-state index in [-0.39, 0.29) is 22.2 Å². The molecule has 0 spiro atoms. The maximum atomic E-state index is 9.58. The molecular weight excluding hydrogens is 578 g/mol. The quantitative estimate of drug-likeness (QED) is 0.0926. The third kappa shape index (κ3) is 9.70. The summed E-state index contributed by atoms with van der Waals surface area (Å²) in [4.78, 5) is 0.